The van der Waals surface area contributed by atoms with Crippen molar-refractivity contribution in [1.82, 2.24) is 14.7 Å². The van der Waals surface area contributed by atoms with Crippen LogP contribution in [-0.4, -0.2) is 44.8 Å². The zero-order valence-electron chi connectivity index (χ0n) is 15.7. The third kappa shape index (κ3) is 3.25. The molecule has 2 aromatic heterocycles. The van der Waals surface area contributed by atoms with E-state index < -0.39 is 5.97 Å². The Morgan fingerprint density at radius 2 is 1.88 bits per heavy atom. The van der Waals surface area contributed by atoms with E-state index in [1.165, 1.54) is 6.20 Å². The molecule has 1 fully saturated rings. The quantitative estimate of drug-likeness (QED) is 0.904. The Morgan fingerprint density at radius 1 is 1.23 bits per heavy atom. The molecule has 3 rings (SSSR count). The maximum atomic E-state index is 12.8. The van der Waals surface area contributed by atoms with E-state index >= 15 is 0 Å². The van der Waals surface area contributed by atoms with E-state index in [0.29, 0.717) is 30.1 Å². The first-order valence-electron chi connectivity index (χ1n) is 8.96. The molecule has 7 nitrogen and oxygen atoms in total. The molecular formula is C19H25N3O4. The SMILES string of the molecule is Cc1oc(C(C)C)cc1C(=O)N1CCC(n2ncc(C(=O)O)c2C)CC1. The Hall–Kier alpha value is -2.57. The molecular weight excluding hydrogens is 334 g/mol. The van der Waals surface area contributed by atoms with Gasteiger partial charge in [-0.15, -0.1) is 0 Å². The Morgan fingerprint density at radius 3 is 2.38 bits per heavy atom. The number of likely N-dealkylation sites (tertiary alicyclic amines) is 1. The molecule has 26 heavy (non-hydrogen) atoms. The second kappa shape index (κ2) is 6.97. The summed E-state index contributed by atoms with van der Waals surface area (Å²) in [6.45, 7) is 8.91. The molecule has 0 aliphatic carbocycles. The summed E-state index contributed by atoms with van der Waals surface area (Å²) in [4.78, 5) is 25.9. The van der Waals surface area contributed by atoms with Crippen molar-refractivity contribution >= 4 is 11.9 Å². The Balaban J connectivity index is 1.69. The lowest BCUT2D eigenvalue weighted by atomic mass is 10.0. The molecule has 2 aromatic rings. The highest BCUT2D eigenvalue weighted by Crippen LogP contribution is 2.28. The predicted molar refractivity (Wildman–Crippen MR) is 95.6 cm³/mol. The number of carboxylic acid groups (broad SMARTS) is 1. The molecule has 1 amide bonds. The van der Waals surface area contributed by atoms with Crippen molar-refractivity contribution < 1.29 is 19.1 Å². The van der Waals surface area contributed by atoms with Crippen LogP contribution in [-0.2, 0) is 0 Å². The number of piperidine rings is 1. The van der Waals surface area contributed by atoms with Gasteiger partial charge in [-0.2, -0.15) is 5.10 Å². The maximum absolute atomic E-state index is 12.8. The van der Waals surface area contributed by atoms with Gasteiger partial charge in [0.1, 0.15) is 17.1 Å². The number of carbonyl (C=O) groups is 2. The lowest BCUT2D eigenvalue weighted by molar-refractivity contribution is 0.0686. The van der Waals surface area contributed by atoms with Crippen molar-refractivity contribution in [3.63, 3.8) is 0 Å². The van der Waals surface area contributed by atoms with E-state index in [-0.39, 0.29) is 23.4 Å². The highest BCUT2D eigenvalue weighted by atomic mass is 16.4. The number of aromatic carboxylic acids is 1. The van der Waals surface area contributed by atoms with E-state index in [9.17, 15) is 14.7 Å². The number of hydrogen-bond donors (Lipinski definition) is 1. The van der Waals surface area contributed by atoms with E-state index in [4.69, 9.17) is 4.42 Å². The smallest absolute Gasteiger partial charge is 0.339 e. The van der Waals surface area contributed by atoms with Gasteiger partial charge in [0.25, 0.3) is 5.91 Å². The van der Waals surface area contributed by atoms with Crippen LogP contribution in [0.3, 0.4) is 0 Å². The number of hydrogen-bond acceptors (Lipinski definition) is 4. The van der Waals surface area contributed by atoms with Gasteiger partial charge in [0, 0.05) is 19.0 Å². The summed E-state index contributed by atoms with van der Waals surface area (Å²) in [6, 6.07) is 1.97. The number of nitrogens with zero attached hydrogens (tertiary/aromatic N) is 3. The average molecular weight is 359 g/mol. The number of carbonyl (C=O) groups excluding carboxylic acids is 1. The number of carboxylic acids is 1. The molecule has 0 unspecified atom stereocenters. The first kappa shape index (κ1) is 18.2. The highest BCUT2D eigenvalue weighted by molar-refractivity contribution is 5.95. The topological polar surface area (TPSA) is 88.6 Å². The van der Waals surface area contributed by atoms with E-state index in [1.807, 2.05) is 31.7 Å². The minimum Gasteiger partial charge on any atom is -0.478 e. The van der Waals surface area contributed by atoms with Crippen molar-refractivity contribution in [3.05, 3.63) is 40.6 Å². The minimum atomic E-state index is -0.960. The molecule has 1 aliphatic rings. The third-order valence-electron chi connectivity index (χ3n) is 5.11. The molecule has 3 heterocycles. The summed E-state index contributed by atoms with van der Waals surface area (Å²) >= 11 is 0. The number of aromatic nitrogens is 2. The van der Waals surface area contributed by atoms with Crippen molar-refractivity contribution in [3.8, 4) is 0 Å². The van der Waals surface area contributed by atoms with Crippen LogP contribution in [0.5, 0.6) is 0 Å². The Kier molecular flexibility index (Phi) is 4.89. The summed E-state index contributed by atoms with van der Waals surface area (Å²) in [5, 5.41) is 13.4. The molecule has 140 valence electrons. The summed E-state index contributed by atoms with van der Waals surface area (Å²) in [6.07, 6.45) is 2.90. The van der Waals surface area contributed by atoms with Crippen LogP contribution < -0.4 is 0 Å². The van der Waals surface area contributed by atoms with Gasteiger partial charge in [-0.1, -0.05) is 13.8 Å². The highest BCUT2D eigenvalue weighted by Gasteiger charge is 2.29. The zero-order valence-corrected chi connectivity index (χ0v) is 15.7. The molecule has 1 N–H and O–H groups in total. The lowest BCUT2D eigenvalue weighted by Crippen LogP contribution is -2.39. The van der Waals surface area contributed by atoms with Crippen molar-refractivity contribution in [2.45, 2.75) is 52.5 Å². The van der Waals surface area contributed by atoms with Crippen LogP contribution in [0.25, 0.3) is 0 Å². The van der Waals surface area contributed by atoms with Crippen molar-refractivity contribution in [2.24, 2.45) is 0 Å². The molecule has 1 aliphatic heterocycles. The normalized spacial score (nSPS) is 15.7. The summed E-state index contributed by atoms with van der Waals surface area (Å²) in [7, 11) is 0. The van der Waals surface area contributed by atoms with Crippen molar-refractivity contribution in [2.75, 3.05) is 13.1 Å². The van der Waals surface area contributed by atoms with E-state index in [2.05, 4.69) is 5.10 Å². The van der Waals surface area contributed by atoms with Crippen LogP contribution in [0.1, 0.15) is 76.6 Å². The largest absolute Gasteiger partial charge is 0.478 e. The van der Waals surface area contributed by atoms with E-state index in [0.717, 1.165) is 18.6 Å². The monoisotopic (exact) mass is 359 g/mol. The lowest BCUT2D eigenvalue weighted by Gasteiger charge is -2.32. The first-order valence-corrected chi connectivity index (χ1v) is 8.96. The van der Waals surface area contributed by atoms with Gasteiger partial charge in [-0.3, -0.25) is 9.48 Å². The average Bonchev–Trinajstić information content (AvgIpc) is 3.17. The van der Waals surface area contributed by atoms with Gasteiger partial charge in [0.05, 0.1) is 23.5 Å². The minimum absolute atomic E-state index is 0.0000113. The molecule has 0 aromatic carbocycles. The Bertz CT molecular complexity index is 826. The van der Waals surface area contributed by atoms with Crippen molar-refractivity contribution in [1.29, 1.82) is 0 Å². The van der Waals surface area contributed by atoms with Crippen LogP contribution in [0.15, 0.2) is 16.7 Å². The molecule has 7 heteroatoms. The molecule has 0 bridgehead atoms. The number of rotatable bonds is 4. The fourth-order valence-electron chi connectivity index (χ4n) is 3.49. The number of furan rings is 1. The molecule has 0 radical (unpaired) electrons. The van der Waals surface area contributed by atoms with Crippen LogP contribution in [0.4, 0.5) is 0 Å². The van der Waals surface area contributed by atoms with Gasteiger partial charge >= 0.3 is 5.97 Å². The maximum Gasteiger partial charge on any atom is 0.339 e. The van der Waals surface area contributed by atoms with Gasteiger partial charge in [-0.05, 0) is 32.8 Å². The summed E-state index contributed by atoms with van der Waals surface area (Å²) < 4.78 is 7.49. The number of aryl methyl sites for hydroxylation is 1. The predicted octanol–water partition coefficient (Wildman–Crippen LogP) is 3.39. The fourth-order valence-corrected chi connectivity index (χ4v) is 3.49. The fraction of sp³-hybridized carbons (Fsp3) is 0.526. The van der Waals surface area contributed by atoms with Crippen LogP contribution >= 0.6 is 0 Å². The third-order valence-corrected chi connectivity index (χ3v) is 5.11. The molecule has 0 atom stereocenters. The van der Waals surface area contributed by atoms with E-state index in [1.54, 1.807) is 11.6 Å². The molecule has 0 spiro atoms. The van der Waals surface area contributed by atoms with Gasteiger partial charge in [0.2, 0.25) is 0 Å². The molecule has 1 saturated heterocycles. The van der Waals surface area contributed by atoms with Gasteiger partial charge in [-0.25, -0.2) is 4.79 Å². The second-order valence-electron chi connectivity index (χ2n) is 7.19. The van der Waals surface area contributed by atoms with Gasteiger partial charge < -0.3 is 14.4 Å². The summed E-state index contributed by atoms with van der Waals surface area (Å²) in [5.74, 6) is 0.772. The molecule has 0 saturated carbocycles. The second-order valence-corrected chi connectivity index (χ2v) is 7.19. The van der Waals surface area contributed by atoms with Crippen LogP contribution in [0, 0.1) is 13.8 Å². The Labute approximate surface area is 152 Å². The zero-order chi connectivity index (χ0) is 19.0. The summed E-state index contributed by atoms with van der Waals surface area (Å²) in [5.41, 5.74) is 1.53. The van der Waals surface area contributed by atoms with Crippen LogP contribution in [0.2, 0.25) is 0 Å². The van der Waals surface area contributed by atoms with Gasteiger partial charge in [0.15, 0.2) is 0 Å². The first-order chi connectivity index (χ1) is 12.3. The standard InChI is InChI=1S/C19H25N3O4/c1-11(2)17-9-15(13(4)26-17)18(23)21-7-5-14(6-8-21)22-12(3)16(10-20-22)19(24)25/h9-11,14H,5-8H2,1-4H3,(H,24,25). The number of amides is 1.